The Morgan fingerprint density at radius 1 is 1.05 bits per heavy atom. The summed E-state index contributed by atoms with van der Waals surface area (Å²) >= 11 is 5.79. The van der Waals surface area contributed by atoms with Crippen LogP contribution in [0, 0.1) is 13.8 Å². The van der Waals surface area contributed by atoms with E-state index in [9.17, 15) is 9.90 Å². The van der Waals surface area contributed by atoms with E-state index in [0.29, 0.717) is 0 Å². The highest BCUT2D eigenvalue weighted by Crippen LogP contribution is 2.31. The molecule has 0 heterocycles. The fourth-order valence-corrected chi connectivity index (χ4v) is 2.07. The summed E-state index contributed by atoms with van der Waals surface area (Å²) in [5, 5.41) is 15.3. The smallest absolute Gasteiger partial charge is 0.323 e. The molecule has 0 saturated carbocycles. The van der Waals surface area contributed by atoms with Crippen LogP contribution in [-0.4, -0.2) is 11.1 Å². The highest BCUT2D eigenvalue weighted by molar-refractivity contribution is 6.32. The number of phenolic OH excluding ortho intramolecular Hbond substituents is 1. The summed E-state index contributed by atoms with van der Waals surface area (Å²) in [6, 6.07) is 10.1. The molecule has 0 aliphatic rings. The van der Waals surface area contributed by atoms with Gasteiger partial charge in [0.1, 0.15) is 0 Å². The first-order valence-corrected chi connectivity index (χ1v) is 6.48. The molecule has 0 aliphatic carbocycles. The normalized spacial score (nSPS) is 10.2. The van der Waals surface area contributed by atoms with Gasteiger partial charge in [-0.15, -0.1) is 0 Å². The number of urea groups is 1. The van der Waals surface area contributed by atoms with Crippen molar-refractivity contribution in [3.8, 4) is 5.75 Å². The van der Waals surface area contributed by atoms with Gasteiger partial charge in [-0.1, -0.05) is 35.9 Å². The largest absolute Gasteiger partial charge is 0.504 e. The SMILES string of the molecule is Cc1cccc(C)c1NC(=O)Nc1cccc(Cl)c1O. The van der Waals surface area contributed by atoms with Gasteiger partial charge in [0.25, 0.3) is 0 Å². The molecule has 0 unspecified atom stereocenters. The number of hydrogen-bond acceptors (Lipinski definition) is 2. The van der Waals surface area contributed by atoms with E-state index in [1.807, 2.05) is 32.0 Å². The lowest BCUT2D eigenvalue weighted by molar-refractivity contribution is 0.262. The van der Waals surface area contributed by atoms with Crippen LogP contribution in [0.5, 0.6) is 5.75 Å². The van der Waals surface area contributed by atoms with Crippen LogP contribution in [0.15, 0.2) is 36.4 Å². The summed E-state index contributed by atoms with van der Waals surface area (Å²) in [5.74, 6) is -0.147. The van der Waals surface area contributed by atoms with Gasteiger partial charge in [-0.05, 0) is 37.1 Å². The van der Waals surface area contributed by atoms with Crippen LogP contribution in [0.2, 0.25) is 5.02 Å². The zero-order chi connectivity index (χ0) is 14.7. The van der Waals surface area contributed by atoms with Gasteiger partial charge in [0.2, 0.25) is 0 Å². The van der Waals surface area contributed by atoms with E-state index in [-0.39, 0.29) is 16.5 Å². The number of rotatable bonds is 2. The number of aromatic hydroxyl groups is 1. The van der Waals surface area contributed by atoms with E-state index in [4.69, 9.17) is 11.6 Å². The van der Waals surface area contributed by atoms with Crippen molar-refractivity contribution in [1.29, 1.82) is 0 Å². The molecule has 20 heavy (non-hydrogen) atoms. The van der Waals surface area contributed by atoms with E-state index >= 15 is 0 Å². The first-order chi connectivity index (χ1) is 9.49. The molecule has 0 fully saturated rings. The third-order valence-corrected chi connectivity index (χ3v) is 3.26. The highest BCUT2D eigenvalue weighted by atomic mass is 35.5. The van der Waals surface area contributed by atoms with Gasteiger partial charge in [0.15, 0.2) is 5.75 Å². The number of carbonyl (C=O) groups excluding carboxylic acids is 1. The van der Waals surface area contributed by atoms with Gasteiger partial charge in [-0.3, -0.25) is 0 Å². The molecule has 2 rings (SSSR count). The third-order valence-electron chi connectivity index (χ3n) is 2.95. The fraction of sp³-hybridized carbons (Fsp3) is 0.133. The minimum atomic E-state index is -0.431. The van der Waals surface area contributed by atoms with E-state index < -0.39 is 6.03 Å². The van der Waals surface area contributed by atoms with Gasteiger partial charge in [0, 0.05) is 5.69 Å². The second-order valence-corrected chi connectivity index (χ2v) is 4.89. The zero-order valence-corrected chi connectivity index (χ0v) is 12.0. The standard InChI is InChI=1S/C15H15ClN2O2/c1-9-5-3-6-10(2)13(9)18-15(20)17-12-8-4-7-11(16)14(12)19/h3-8,19H,1-2H3,(H2,17,18,20). The van der Waals surface area contributed by atoms with E-state index in [1.165, 1.54) is 0 Å². The van der Waals surface area contributed by atoms with Crippen LogP contribution >= 0.6 is 11.6 Å². The molecular weight excluding hydrogens is 276 g/mol. The van der Waals surface area contributed by atoms with Crippen molar-refractivity contribution in [2.45, 2.75) is 13.8 Å². The number of para-hydroxylation sites is 2. The molecule has 0 atom stereocenters. The van der Waals surface area contributed by atoms with Crippen LogP contribution in [0.3, 0.4) is 0 Å². The summed E-state index contributed by atoms with van der Waals surface area (Å²) in [5.41, 5.74) is 2.96. The fourth-order valence-electron chi connectivity index (χ4n) is 1.89. The second-order valence-electron chi connectivity index (χ2n) is 4.48. The number of anilines is 2. The monoisotopic (exact) mass is 290 g/mol. The van der Waals surface area contributed by atoms with Gasteiger partial charge < -0.3 is 15.7 Å². The van der Waals surface area contributed by atoms with Crippen LogP contribution < -0.4 is 10.6 Å². The quantitative estimate of drug-likeness (QED) is 0.722. The Bertz CT molecular complexity index is 636. The van der Waals surface area contributed by atoms with Gasteiger partial charge in [-0.2, -0.15) is 0 Å². The van der Waals surface area contributed by atoms with Crippen molar-refractivity contribution in [3.05, 3.63) is 52.5 Å². The van der Waals surface area contributed by atoms with E-state index in [0.717, 1.165) is 16.8 Å². The summed E-state index contributed by atoms with van der Waals surface area (Å²) in [6.07, 6.45) is 0. The molecule has 4 nitrogen and oxygen atoms in total. The lowest BCUT2D eigenvalue weighted by Crippen LogP contribution is -2.20. The van der Waals surface area contributed by atoms with Gasteiger partial charge in [0.05, 0.1) is 10.7 Å². The first kappa shape index (κ1) is 14.2. The molecule has 104 valence electrons. The van der Waals surface area contributed by atoms with Crippen molar-refractivity contribution in [3.63, 3.8) is 0 Å². The summed E-state index contributed by atoms with van der Waals surface area (Å²) in [7, 11) is 0. The molecule has 5 heteroatoms. The molecule has 0 aromatic heterocycles. The summed E-state index contributed by atoms with van der Waals surface area (Å²) < 4.78 is 0. The van der Waals surface area contributed by atoms with Crippen LogP contribution in [0.1, 0.15) is 11.1 Å². The molecule has 2 aromatic rings. The number of nitrogens with one attached hydrogen (secondary N) is 2. The van der Waals surface area contributed by atoms with Crippen LogP contribution in [0.25, 0.3) is 0 Å². The van der Waals surface area contributed by atoms with Crippen molar-refractivity contribution in [2.24, 2.45) is 0 Å². The highest BCUT2D eigenvalue weighted by Gasteiger charge is 2.10. The average Bonchev–Trinajstić information content (AvgIpc) is 2.39. The maximum atomic E-state index is 12.0. The summed E-state index contributed by atoms with van der Waals surface area (Å²) in [4.78, 5) is 12.0. The van der Waals surface area contributed by atoms with Crippen molar-refractivity contribution >= 4 is 29.0 Å². The van der Waals surface area contributed by atoms with Gasteiger partial charge in [-0.25, -0.2) is 4.79 Å². The number of aryl methyl sites for hydroxylation is 2. The van der Waals surface area contributed by atoms with Crippen molar-refractivity contribution in [1.82, 2.24) is 0 Å². The molecule has 2 amide bonds. The van der Waals surface area contributed by atoms with Crippen molar-refractivity contribution in [2.75, 3.05) is 10.6 Å². The molecule has 0 bridgehead atoms. The molecule has 0 saturated heterocycles. The maximum Gasteiger partial charge on any atom is 0.323 e. The third kappa shape index (κ3) is 3.03. The first-order valence-electron chi connectivity index (χ1n) is 6.10. The lowest BCUT2D eigenvalue weighted by atomic mass is 10.1. The minimum absolute atomic E-state index is 0.147. The average molecular weight is 291 g/mol. The predicted molar refractivity (Wildman–Crippen MR) is 81.7 cm³/mol. The van der Waals surface area contributed by atoms with Crippen LogP contribution in [-0.2, 0) is 0 Å². The molecular formula is C15H15ClN2O2. The van der Waals surface area contributed by atoms with E-state index in [1.54, 1.807) is 18.2 Å². The molecule has 0 radical (unpaired) electrons. The lowest BCUT2D eigenvalue weighted by Gasteiger charge is -2.13. The second kappa shape index (κ2) is 5.84. The Kier molecular flexibility index (Phi) is 4.15. The number of halogens is 1. The number of benzene rings is 2. The van der Waals surface area contributed by atoms with E-state index in [2.05, 4.69) is 10.6 Å². The maximum absolute atomic E-state index is 12.0. The Hall–Kier alpha value is -2.20. The molecule has 0 spiro atoms. The topological polar surface area (TPSA) is 61.4 Å². The molecule has 0 aliphatic heterocycles. The molecule has 2 aromatic carbocycles. The van der Waals surface area contributed by atoms with Gasteiger partial charge >= 0.3 is 6.03 Å². The summed E-state index contributed by atoms with van der Waals surface area (Å²) in [6.45, 7) is 3.83. The number of carbonyl (C=O) groups is 1. The minimum Gasteiger partial charge on any atom is -0.504 e. The number of phenols is 1. The Morgan fingerprint density at radius 3 is 2.30 bits per heavy atom. The number of hydrogen-bond donors (Lipinski definition) is 3. The van der Waals surface area contributed by atoms with Crippen molar-refractivity contribution < 1.29 is 9.90 Å². The zero-order valence-electron chi connectivity index (χ0n) is 11.2. The Labute approximate surface area is 122 Å². The Morgan fingerprint density at radius 2 is 1.65 bits per heavy atom. The Balaban J connectivity index is 2.16. The number of amides is 2. The molecule has 3 N–H and O–H groups in total. The van der Waals surface area contributed by atoms with Crippen LogP contribution in [0.4, 0.5) is 16.2 Å². The predicted octanol–water partition coefficient (Wildman–Crippen LogP) is 4.31.